The number of hydrogen-bond donors (Lipinski definition) is 0. The van der Waals surface area contributed by atoms with E-state index in [9.17, 15) is 4.57 Å². The summed E-state index contributed by atoms with van der Waals surface area (Å²) in [6, 6.07) is 21.1. The van der Waals surface area contributed by atoms with Gasteiger partial charge in [0.1, 0.15) is 0 Å². The lowest BCUT2D eigenvalue weighted by molar-refractivity contribution is 0.219. The fourth-order valence-electron chi connectivity index (χ4n) is 3.21. The minimum Gasteiger partial charge on any atom is -0.309 e. The van der Waals surface area contributed by atoms with Gasteiger partial charge in [0.15, 0.2) is 0 Å². The summed E-state index contributed by atoms with van der Waals surface area (Å²) in [5.41, 5.74) is 4.34. The molecule has 5 heteroatoms. The Balaban J connectivity index is 2.00. The average Bonchev–Trinajstić information content (AvgIpc) is 2.67. The van der Waals surface area contributed by atoms with Crippen molar-refractivity contribution in [2.45, 2.75) is 25.3 Å². The van der Waals surface area contributed by atoms with Crippen LogP contribution in [-0.4, -0.2) is 13.2 Å². The van der Waals surface area contributed by atoms with Crippen molar-refractivity contribution in [1.29, 1.82) is 0 Å². The summed E-state index contributed by atoms with van der Waals surface area (Å²) < 4.78 is 23.9. The van der Waals surface area contributed by atoms with Gasteiger partial charge in [-0.3, -0.25) is 4.57 Å². The molecule has 0 saturated heterocycles. The molecular formula is C22H24BrO3P. The first-order chi connectivity index (χ1) is 13.1. The Labute approximate surface area is 169 Å². The smallest absolute Gasteiger partial charge is 0.309 e. The Morgan fingerprint density at radius 2 is 1.48 bits per heavy atom. The molecule has 0 aromatic heterocycles. The van der Waals surface area contributed by atoms with Gasteiger partial charge in [0.05, 0.1) is 19.4 Å². The van der Waals surface area contributed by atoms with Gasteiger partial charge in [0.25, 0.3) is 0 Å². The summed E-state index contributed by atoms with van der Waals surface area (Å²) in [4.78, 5) is 0. The van der Waals surface area contributed by atoms with E-state index in [1.165, 1.54) is 10.8 Å². The third-order valence-electron chi connectivity index (χ3n) is 4.32. The Bertz CT molecular complexity index is 961. The SMILES string of the molecule is CCOP(=O)(Cc1cc(CBr)cc(-c2ccc3ccccc3c2)c1)OCC. The predicted octanol–water partition coefficient (Wildman–Crippen LogP) is 7.17. The number of rotatable bonds is 8. The first-order valence-electron chi connectivity index (χ1n) is 9.13. The van der Waals surface area contributed by atoms with Crippen LogP contribution in [0.2, 0.25) is 0 Å². The van der Waals surface area contributed by atoms with E-state index in [4.69, 9.17) is 9.05 Å². The molecule has 0 spiro atoms. The highest BCUT2D eigenvalue weighted by Crippen LogP contribution is 2.51. The molecule has 0 aliphatic carbocycles. The van der Waals surface area contributed by atoms with E-state index in [2.05, 4.69) is 64.5 Å². The molecule has 3 aromatic carbocycles. The molecule has 27 heavy (non-hydrogen) atoms. The number of alkyl halides is 1. The Morgan fingerprint density at radius 1 is 0.815 bits per heavy atom. The van der Waals surface area contributed by atoms with Crippen molar-refractivity contribution in [1.82, 2.24) is 0 Å². The molecule has 0 N–H and O–H groups in total. The molecule has 3 aromatic rings. The zero-order valence-electron chi connectivity index (χ0n) is 15.7. The second-order valence-corrected chi connectivity index (χ2v) is 8.95. The van der Waals surface area contributed by atoms with Gasteiger partial charge in [-0.1, -0.05) is 70.5 Å². The molecule has 142 valence electrons. The van der Waals surface area contributed by atoms with E-state index in [1.54, 1.807) is 0 Å². The third-order valence-corrected chi connectivity index (χ3v) is 7.02. The second-order valence-electron chi connectivity index (χ2n) is 6.34. The largest absolute Gasteiger partial charge is 0.335 e. The van der Waals surface area contributed by atoms with Gasteiger partial charge in [-0.05, 0) is 52.9 Å². The molecular weight excluding hydrogens is 423 g/mol. The normalized spacial score (nSPS) is 11.8. The molecule has 0 amide bonds. The minimum atomic E-state index is -3.14. The van der Waals surface area contributed by atoms with Crippen molar-refractivity contribution in [2.24, 2.45) is 0 Å². The van der Waals surface area contributed by atoms with Crippen molar-refractivity contribution >= 4 is 34.3 Å². The molecule has 0 aliphatic rings. The maximum atomic E-state index is 12.9. The Hall–Kier alpha value is -1.45. The van der Waals surface area contributed by atoms with Crippen molar-refractivity contribution in [3.63, 3.8) is 0 Å². The van der Waals surface area contributed by atoms with Crippen LogP contribution >= 0.6 is 23.5 Å². The lowest BCUT2D eigenvalue weighted by Crippen LogP contribution is -2.00. The molecule has 3 rings (SSSR count). The predicted molar refractivity (Wildman–Crippen MR) is 117 cm³/mol. The lowest BCUT2D eigenvalue weighted by Gasteiger charge is -2.18. The van der Waals surface area contributed by atoms with Crippen LogP contribution in [0.3, 0.4) is 0 Å². The molecule has 0 fully saturated rings. The van der Waals surface area contributed by atoms with Gasteiger partial charge in [-0.15, -0.1) is 0 Å². The van der Waals surface area contributed by atoms with Gasteiger partial charge in [-0.2, -0.15) is 0 Å². The summed E-state index contributed by atoms with van der Waals surface area (Å²) >= 11 is 3.55. The molecule has 0 heterocycles. The van der Waals surface area contributed by atoms with E-state index in [-0.39, 0.29) is 6.16 Å². The van der Waals surface area contributed by atoms with Crippen LogP contribution in [-0.2, 0) is 25.1 Å². The van der Waals surface area contributed by atoms with Crippen LogP contribution in [0, 0.1) is 0 Å². The summed E-state index contributed by atoms with van der Waals surface area (Å²) in [5, 5.41) is 3.15. The summed E-state index contributed by atoms with van der Waals surface area (Å²) in [6.45, 7) is 4.40. The third kappa shape index (κ3) is 5.08. The van der Waals surface area contributed by atoms with Gasteiger partial charge in [0, 0.05) is 5.33 Å². The van der Waals surface area contributed by atoms with Crippen LogP contribution in [0.1, 0.15) is 25.0 Å². The maximum absolute atomic E-state index is 12.9. The van der Waals surface area contributed by atoms with E-state index in [0.717, 1.165) is 27.6 Å². The fourth-order valence-corrected chi connectivity index (χ4v) is 5.21. The van der Waals surface area contributed by atoms with Crippen LogP contribution in [0.4, 0.5) is 0 Å². The number of halogens is 1. The zero-order chi connectivity index (χ0) is 19.3. The number of hydrogen-bond acceptors (Lipinski definition) is 3. The van der Waals surface area contributed by atoms with E-state index >= 15 is 0 Å². The molecule has 0 atom stereocenters. The number of fused-ring (bicyclic) bond motifs is 1. The highest BCUT2D eigenvalue weighted by atomic mass is 79.9. The maximum Gasteiger partial charge on any atom is 0.335 e. The molecule has 3 nitrogen and oxygen atoms in total. The first kappa shape index (κ1) is 20.3. The van der Waals surface area contributed by atoms with Gasteiger partial charge < -0.3 is 9.05 Å². The highest BCUT2D eigenvalue weighted by Gasteiger charge is 2.24. The first-order valence-corrected chi connectivity index (χ1v) is 12.0. The van der Waals surface area contributed by atoms with Crippen LogP contribution in [0.15, 0.2) is 60.7 Å². The van der Waals surface area contributed by atoms with Gasteiger partial charge in [-0.25, -0.2) is 0 Å². The van der Waals surface area contributed by atoms with E-state index in [1.807, 2.05) is 26.0 Å². The Kier molecular flexibility index (Phi) is 6.88. The summed E-state index contributed by atoms with van der Waals surface area (Å²) in [6.07, 6.45) is 0.274. The van der Waals surface area contributed by atoms with Crippen LogP contribution < -0.4 is 0 Å². The molecule has 0 aliphatic heterocycles. The quantitative estimate of drug-likeness (QED) is 0.271. The van der Waals surface area contributed by atoms with Crippen molar-refractivity contribution in [2.75, 3.05) is 13.2 Å². The van der Waals surface area contributed by atoms with Crippen LogP contribution in [0.5, 0.6) is 0 Å². The minimum absolute atomic E-state index is 0.274. The fraction of sp³-hybridized carbons (Fsp3) is 0.273. The Morgan fingerprint density at radius 3 is 2.15 bits per heavy atom. The molecule has 0 bridgehead atoms. The van der Waals surface area contributed by atoms with Crippen LogP contribution in [0.25, 0.3) is 21.9 Å². The molecule has 0 radical (unpaired) electrons. The van der Waals surface area contributed by atoms with Crippen molar-refractivity contribution in [3.05, 3.63) is 71.8 Å². The van der Waals surface area contributed by atoms with Crippen molar-refractivity contribution < 1.29 is 13.6 Å². The highest BCUT2D eigenvalue weighted by molar-refractivity contribution is 9.08. The lowest BCUT2D eigenvalue weighted by atomic mass is 9.98. The van der Waals surface area contributed by atoms with E-state index in [0.29, 0.717) is 13.2 Å². The average molecular weight is 447 g/mol. The molecule has 0 unspecified atom stereocenters. The standard InChI is InChI=1S/C22H24BrO3P/c1-3-25-27(24,26-4-2)16-18-11-17(15-23)12-22(13-18)21-10-9-19-7-5-6-8-20(19)14-21/h5-14H,3-4,15-16H2,1-2H3. The zero-order valence-corrected chi connectivity index (χ0v) is 18.1. The molecule has 0 saturated carbocycles. The number of benzene rings is 3. The summed E-state index contributed by atoms with van der Waals surface area (Å²) in [5.74, 6) is 0. The second kappa shape index (κ2) is 9.16. The summed E-state index contributed by atoms with van der Waals surface area (Å²) in [7, 11) is -3.14. The van der Waals surface area contributed by atoms with Gasteiger partial charge >= 0.3 is 7.60 Å². The van der Waals surface area contributed by atoms with E-state index < -0.39 is 7.60 Å². The topological polar surface area (TPSA) is 35.5 Å². The monoisotopic (exact) mass is 446 g/mol. The van der Waals surface area contributed by atoms with Gasteiger partial charge in [0.2, 0.25) is 0 Å². The van der Waals surface area contributed by atoms with Crippen molar-refractivity contribution in [3.8, 4) is 11.1 Å².